The zero-order valence-electron chi connectivity index (χ0n) is 63.3. The van der Waals surface area contributed by atoms with Crippen molar-refractivity contribution >= 4 is 58.3 Å². The number of hydrogen-bond acceptors (Lipinski definition) is 19. The second kappa shape index (κ2) is 32.2. The van der Waals surface area contributed by atoms with Crippen LogP contribution in [0.3, 0.4) is 0 Å². The zero-order valence-corrected chi connectivity index (χ0v) is 64.0. The second-order valence-electron chi connectivity index (χ2n) is 30.8. The largest absolute Gasteiger partial charge is 0.444 e. The summed E-state index contributed by atoms with van der Waals surface area (Å²) in [5.74, 6) is 3.05. The van der Waals surface area contributed by atoms with Gasteiger partial charge in [-0.25, -0.2) is 34.7 Å². The number of carbonyl (C=O) groups is 4. The summed E-state index contributed by atoms with van der Waals surface area (Å²) in [4.78, 5) is 78.1. The van der Waals surface area contributed by atoms with Crippen LogP contribution < -0.4 is 16.0 Å². The number of anilines is 4. The van der Waals surface area contributed by atoms with Crippen molar-refractivity contribution in [1.29, 1.82) is 0 Å². The van der Waals surface area contributed by atoms with E-state index < -0.39 is 5.60 Å². The Balaban J connectivity index is 0.000000163. The minimum absolute atomic E-state index is 0.0870. The van der Waals surface area contributed by atoms with Crippen LogP contribution in [0.2, 0.25) is 5.15 Å². The number of carbonyl (C=O) groups excluding carboxylic acids is 4. The maximum atomic E-state index is 12.8. The molecule has 0 spiro atoms. The van der Waals surface area contributed by atoms with Crippen LogP contribution in [-0.4, -0.2) is 126 Å². The molecule has 0 unspecified atom stereocenters. The highest BCUT2D eigenvalue weighted by molar-refractivity contribution is 6.29. The smallest absolute Gasteiger partial charge is 0.410 e. The molecule has 552 valence electrons. The van der Waals surface area contributed by atoms with E-state index in [0.29, 0.717) is 97.5 Å². The molecule has 2 aliphatic heterocycles. The lowest BCUT2D eigenvalue weighted by molar-refractivity contribution is 0.0194. The summed E-state index contributed by atoms with van der Waals surface area (Å²) in [5.41, 5.74) is 15.2. The Morgan fingerprint density at radius 3 is 1.25 bits per heavy atom. The topological polar surface area (TPSA) is 283 Å². The summed E-state index contributed by atoms with van der Waals surface area (Å²) in [6.45, 7) is 34.5. The number of aromatic nitrogens is 16. The summed E-state index contributed by atoms with van der Waals surface area (Å²) < 4.78 is 14.9. The highest BCUT2D eigenvalue weighted by Gasteiger charge is 2.28. The van der Waals surface area contributed by atoms with Gasteiger partial charge in [0.2, 0.25) is 0 Å². The summed E-state index contributed by atoms with van der Waals surface area (Å²) in [6.07, 6.45) is 18.0. The number of nitrogens with one attached hydrogen (secondary N) is 3. The minimum Gasteiger partial charge on any atom is -0.444 e. The van der Waals surface area contributed by atoms with Crippen molar-refractivity contribution in [3.8, 4) is 33.8 Å². The SMILES string of the molecule is Cc1cc(-c2cc(Cl)ncn2)ccc1CCC(=O)c1cnn(C(C)(C)C)c1.Cc1cc(-c2cc(Nc3cc4n(n3)CCN(C(=O)OC(C)(C)C)C4)ncn2)ccc1CCC(=O)c1cnn(C(C)(C)C)c1.Cc1cc(-c2cc(Nc3cc4n(n3)CCNC4)ncn2)ccc1CCC(=O)c1cnn(C(C)(C)C)c1. The Labute approximate surface area is 624 Å². The van der Waals surface area contributed by atoms with Crippen LogP contribution in [0.4, 0.5) is 28.1 Å². The van der Waals surface area contributed by atoms with E-state index in [-0.39, 0.29) is 40.1 Å². The van der Waals surface area contributed by atoms with E-state index in [1.807, 2.05) is 112 Å². The number of rotatable bonds is 19. The van der Waals surface area contributed by atoms with Gasteiger partial charge in [-0.15, -0.1) is 0 Å². The van der Waals surface area contributed by atoms with Crippen LogP contribution >= 0.6 is 11.6 Å². The average molecular weight is 1450 g/mol. The maximum absolute atomic E-state index is 12.8. The summed E-state index contributed by atoms with van der Waals surface area (Å²) >= 11 is 5.94. The van der Waals surface area contributed by atoms with E-state index in [4.69, 9.17) is 16.3 Å². The molecular weight excluding hydrogens is 1360 g/mol. The number of aryl methyl sites for hydroxylation is 6. The number of ketones is 3. The van der Waals surface area contributed by atoms with Crippen molar-refractivity contribution in [2.45, 2.75) is 191 Å². The molecule has 0 bridgehead atoms. The zero-order chi connectivity index (χ0) is 75.8. The molecule has 2 aliphatic rings. The van der Waals surface area contributed by atoms with Gasteiger partial charge in [0, 0.05) is 105 Å². The van der Waals surface area contributed by atoms with Crippen molar-refractivity contribution in [3.05, 3.63) is 208 Å². The predicted octanol–water partition coefficient (Wildman–Crippen LogP) is 15.0. The van der Waals surface area contributed by atoms with Crippen molar-refractivity contribution in [2.24, 2.45) is 0 Å². The number of hydrogen-bond donors (Lipinski definition) is 3. The van der Waals surface area contributed by atoms with Gasteiger partial charge >= 0.3 is 6.09 Å². The van der Waals surface area contributed by atoms with E-state index >= 15 is 0 Å². The first-order valence-electron chi connectivity index (χ1n) is 35.8. The molecule has 8 aromatic heterocycles. The molecule has 106 heavy (non-hydrogen) atoms. The molecule has 10 heterocycles. The van der Waals surface area contributed by atoms with Gasteiger partial charge < -0.3 is 25.6 Å². The van der Waals surface area contributed by atoms with Crippen LogP contribution in [-0.2, 0) is 66.8 Å². The van der Waals surface area contributed by atoms with Gasteiger partial charge in [0.25, 0.3) is 0 Å². The van der Waals surface area contributed by atoms with E-state index in [0.717, 1.165) is 104 Å². The number of Topliss-reactive ketones (excluding diaryl/α,β-unsaturated/α-hetero) is 3. The van der Waals surface area contributed by atoms with Crippen molar-refractivity contribution in [2.75, 3.05) is 23.7 Å². The third-order valence-corrected chi connectivity index (χ3v) is 18.4. The molecule has 3 N–H and O–H groups in total. The summed E-state index contributed by atoms with van der Waals surface area (Å²) in [5, 5.41) is 32.6. The molecular formula is C80H95ClN20O5. The van der Waals surface area contributed by atoms with Crippen molar-refractivity contribution < 1.29 is 23.9 Å². The molecule has 0 saturated carbocycles. The molecule has 0 fully saturated rings. The molecule has 0 aliphatic carbocycles. The van der Waals surface area contributed by atoms with Gasteiger partial charge in [-0.3, -0.25) is 37.8 Å². The van der Waals surface area contributed by atoms with Crippen LogP contribution in [0.15, 0.2) is 141 Å². The van der Waals surface area contributed by atoms with Gasteiger partial charge in [-0.05, 0) is 175 Å². The molecule has 11 aromatic rings. The second-order valence-corrected chi connectivity index (χ2v) is 31.2. The van der Waals surface area contributed by atoms with Crippen LogP contribution in [0, 0.1) is 20.8 Å². The molecule has 0 radical (unpaired) electrons. The number of nitrogens with zero attached hydrogens (tertiary/aromatic N) is 17. The molecule has 3 aromatic carbocycles. The van der Waals surface area contributed by atoms with Crippen LogP contribution in [0.1, 0.15) is 178 Å². The van der Waals surface area contributed by atoms with Gasteiger partial charge in [0.1, 0.15) is 41.4 Å². The Bertz CT molecular complexity index is 4950. The highest BCUT2D eigenvalue weighted by Crippen LogP contribution is 2.30. The van der Waals surface area contributed by atoms with Gasteiger partial charge in [-0.1, -0.05) is 48.0 Å². The van der Waals surface area contributed by atoms with Crippen LogP contribution in [0.25, 0.3) is 33.8 Å². The summed E-state index contributed by atoms with van der Waals surface area (Å²) in [6, 6.07) is 28.1. The molecule has 0 saturated heterocycles. The Morgan fingerprint density at radius 1 is 0.472 bits per heavy atom. The lowest BCUT2D eigenvalue weighted by Gasteiger charge is -2.30. The van der Waals surface area contributed by atoms with Crippen LogP contribution in [0.5, 0.6) is 0 Å². The number of fused-ring (bicyclic) bond motifs is 2. The maximum Gasteiger partial charge on any atom is 0.410 e. The van der Waals surface area contributed by atoms with Crippen molar-refractivity contribution in [3.63, 3.8) is 0 Å². The third kappa shape index (κ3) is 19.9. The fourth-order valence-electron chi connectivity index (χ4n) is 12.1. The average Bonchev–Trinajstić information content (AvgIpc) is 1.59. The Morgan fingerprint density at radius 2 is 0.868 bits per heavy atom. The molecule has 26 heteroatoms. The first kappa shape index (κ1) is 76.2. The predicted molar refractivity (Wildman–Crippen MR) is 411 cm³/mol. The van der Waals surface area contributed by atoms with E-state index in [1.165, 1.54) is 12.7 Å². The Hall–Kier alpha value is -10.9. The monoisotopic (exact) mass is 1450 g/mol. The lowest BCUT2D eigenvalue weighted by Crippen LogP contribution is -2.41. The molecule has 25 nitrogen and oxygen atoms in total. The van der Waals surface area contributed by atoms with E-state index in [1.54, 1.807) is 35.9 Å². The minimum atomic E-state index is -0.540. The quantitative estimate of drug-likeness (QED) is 0.0501. The number of benzene rings is 3. The molecule has 13 rings (SSSR count). The highest BCUT2D eigenvalue weighted by atomic mass is 35.5. The molecule has 0 atom stereocenters. The number of ether oxygens (including phenoxy) is 1. The standard InChI is InChI=1S/C32H40N8O3.C27H32N8O.C21H23ClN4O/c1-21-14-23(9-8-22(21)10-11-27(41)24-17-35-40(18-24)31(2,3)4)26-16-28(34-20-33-26)36-29-15-25-19-38(12-13-39(25)37-29)30(42)43-32(5,6)7;1-18-11-20(6-5-19(18)7-8-24(36)21-14-31-35(16-21)27(2,3)4)23-13-25(30-17-29-23)32-26-12-22-15-28-9-10-34(22)33-26;1-14-9-16(18-10-20(22)24-13-23-18)6-5-15(14)7-8-19(27)17-11-25-26(12-17)21(2,3)4/h8-9,14-18,20H,10-13,19H2,1-7H3,(H,33,34,36,37);5-6,11-14,16-17,28H,7-10,15H2,1-4H3,(H,29,30,32,33);5-6,9-13H,7-8H2,1-4H3. The first-order chi connectivity index (χ1) is 50.2. The summed E-state index contributed by atoms with van der Waals surface area (Å²) in [7, 11) is 0. The third-order valence-electron chi connectivity index (χ3n) is 18.2. The number of amides is 1. The fraction of sp³-hybridized carbons (Fsp3) is 0.388. The first-order valence-corrected chi connectivity index (χ1v) is 36.2. The lowest BCUT2D eigenvalue weighted by atomic mass is 9.98. The van der Waals surface area contributed by atoms with E-state index in [9.17, 15) is 19.2 Å². The van der Waals surface area contributed by atoms with Crippen molar-refractivity contribution in [1.82, 2.24) is 89.0 Å². The fourth-order valence-corrected chi connectivity index (χ4v) is 12.2. The van der Waals surface area contributed by atoms with Gasteiger partial charge in [0.05, 0.1) is 100 Å². The Kier molecular flexibility index (Phi) is 23.2. The van der Waals surface area contributed by atoms with Gasteiger partial charge in [0.15, 0.2) is 29.0 Å². The van der Waals surface area contributed by atoms with Gasteiger partial charge in [-0.2, -0.15) is 25.5 Å². The molecule has 1 amide bonds. The normalized spacial score (nSPS) is 13.0. The number of halogens is 1. The van der Waals surface area contributed by atoms with E-state index in [2.05, 4.69) is 184 Å².